The molecule has 14 nitrogen and oxygen atoms in total. The third-order valence-electron chi connectivity index (χ3n) is 7.13. The van der Waals surface area contributed by atoms with Gasteiger partial charge in [-0.1, -0.05) is 25.1 Å². The molecule has 0 bridgehead atoms. The van der Waals surface area contributed by atoms with Crippen molar-refractivity contribution in [3.8, 4) is 0 Å². The van der Waals surface area contributed by atoms with Crippen LogP contribution in [-0.4, -0.2) is 78.7 Å². The molecular formula is C26H26Br2F4N6O8. The second-order valence-electron chi connectivity index (χ2n) is 10.1. The van der Waals surface area contributed by atoms with Crippen molar-refractivity contribution in [3.63, 3.8) is 0 Å². The lowest BCUT2D eigenvalue weighted by Crippen LogP contribution is -2.51. The fraction of sp³-hybridized carbons (Fsp3) is 0.423. The van der Waals surface area contributed by atoms with Crippen LogP contribution in [0.3, 0.4) is 0 Å². The third kappa shape index (κ3) is 6.16. The monoisotopic (exact) mass is 784 g/mol. The van der Waals surface area contributed by atoms with E-state index in [1.54, 1.807) is 30.3 Å². The largest absolute Gasteiger partial charge is 0.459 e. The number of carbonyl (C=O) groups excluding carboxylic acids is 1. The number of benzene rings is 1. The van der Waals surface area contributed by atoms with Gasteiger partial charge in [0.2, 0.25) is 0 Å². The normalized spacial score (nSPS) is 29.5. The Morgan fingerprint density at radius 2 is 1.39 bits per heavy atom. The summed E-state index contributed by atoms with van der Waals surface area (Å²) in [5.74, 6) is -9.62. The first-order chi connectivity index (χ1) is 21.4. The Morgan fingerprint density at radius 3 is 1.85 bits per heavy atom. The highest BCUT2D eigenvalue weighted by atomic mass is 79.9. The topological polar surface area (TPSA) is 207 Å². The number of halogens is 6. The van der Waals surface area contributed by atoms with E-state index >= 15 is 0 Å². The Balaban J connectivity index is 0.000000222. The molecule has 4 heterocycles. The van der Waals surface area contributed by atoms with Crippen LogP contribution in [0.1, 0.15) is 17.3 Å². The summed E-state index contributed by atoms with van der Waals surface area (Å²) in [7, 11) is 0. The molecule has 2 aliphatic heterocycles. The zero-order chi connectivity index (χ0) is 34.2. The third-order valence-corrected chi connectivity index (χ3v) is 9.32. The smallest absolute Gasteiger partial charge is 0.352 e. The van der Waals surface area contributed by atoms with Gasteiger partial charge >= 0.3 is 29.2 Å². The van der Waals surface area contributed by atoms with E-state index in [4.69, 9.17) is 30.8 Å². The number of anilines is 2. The maximum absolute atomic E-state index is 14.9. The Kier molecular flexibility index (Phi) is 10.0. The van der Waals surface area contributed by atoms with Crippen LogP contribution in [0, 0.1) is 5.92 Å². The molecule has 0 spiro atoms. The maximum atomic E-state index is 14.9. The first-order valence-corrected chi connectivity index (χ1v) is 14.7. The van der Waals surface area contributed by atoms with Gasteiger partial charge < -0.3 is 35.9 Å². The van der Waals surface area contributed by atoms with Gasteiger partial charge in [0.05, 0.1) is 18.1 Å². The molecule has 2 aliphatic rings. The van der Waals surface area contributed by atoms with Gasteiger partial charge in [-0.05, 0) is 56.1 Å². The molecule has 20 heteroatoms. The van der Waals surface area contributed by atoms with Crippen molar-refractivity contribution in [1.82, 2.24) is 19.1 Å². The molecule has 6 N–H and O–H groups in total. The Hall–Kier alpha value is -3.43. The number of alkyl halides is 6. The SMILES string of the molecule is CC1[C@@H](COC(=O)c2ccccc2)O[C@@](Br)(n2ccc(N)nc2=O)C1(F)F.Nc1ccn([C@]2(Br)O[C@H](CO)C(O)C2(F)F)c(=O)n1. The fourth-order valence-corrected chi connectivity index (χ4v) is 6.11. The Morgan fingerprint density at radius 1 is 0.913 bits per heavy atom. The van der Waals surface area contributed by atoms with Gasteiger partial charge in [0.15, 0.2) is 6.10 Å². The van der Waals surface area contributed by atoms with E-state index in [9.17, 15) is 37.1 Å². The number of rotatable bonds is 6. The van der Waals surface area contributed by atoms with E-state index in [1.807, 2.05) is 0 Å². The molecule has 2 fully saturated rings. The number of aliphatic hydroxyl groups is 2. The standard InChI is InChI=1S/C17H16BrF2N3O4.C9H10BrF2N3O4/c1-10-12(9-26-14(24)11-5-3-2-4-6-11)27-17(18,16(10,19)20)23-8-7-13(21)22-15(23)25;10-9(15-2-1-5(13)14-7(15)18)8(11,12)6(17)4(3-16)19-9/h2-8,10,12H,9H2,1H3,(H2,21,22,25);1-2,4,6,16-17H,3H2,(H2,13,14,18)/t10?,12-,17+;4-,6?,9+/m11/s1. The molecule has 6 atom stereocenters. The van der Waals surface area contributed by atoms with Gasteiger partial charge in [-0.3, -0.25) is 9.13 Å². The van der Waals surface area contributed by atoms with Crippen molar-refractivity contribution in [2.45, 2.75) is 46.3 Å². The van der Waals surface area contributed by atoms with Crippen molar-refractivity contribution in [1.29, 1.82) is 0 Å². The molecule has 2 unspecified atom stereocenters. The van der Waals surface area contributed by atoms with Gasteiger partial charge in [0.25, 0.3) is 9.27 Å². The van der Waals surface area contributed by atoms with Crippen molar-refractivity contribution in [2.24, 2.45) is 5.92 Å². The molecule has 0 saturated carbocycles. The second kappa shape index (κ2) is 13.0. The van der Waals surface area contributed by atoms with Crippen molar-refractivity contribution in [2.75, 3.05) is 24.7 Å². The molecule has 0 radical (unpaired) electrons. The second-order valence-corrected chi connectivity index (χ2v) is 12.2. The number of aromatic nitrogens is 4. The number of nitrogens with two attached hydrogens (primary N) is 2. The number of nitrogen functional groups attached to an aromatic ring is 2. The van der Waals surface area contributed by atoms with Gasteiger partial charge in [0.1, 0.15) is 30.5 Å². The fourth-order valence-electron chi connectivity index (χ4n) is 4.49. The van der Waals surface area contributed by atoms with Crippen LogP contribution >= 0.6 is 31.9 Å². The average Bonchev–Trinajstić information content (AvgIpc) is 3.29. The van der Waals surface area contributed by atoms with E-state index in [1.165, 1.54) is 13.0 Å². The Labute approximate surface area is 273 Å². The van der Waals surface area contributed by atoms with E-state index in [2.05, 4.69) is 41.8 Å². The molecule has 5 rings (SSSR count). The van der Waals surface area contributed by atoms with E-state index in [0.29, 0.717) is 14.7 Å². The first kappa shape index (κ1) is 35.4. The molecule has 0 aliphatic carbocycles. The van der Waals surface area contributed by atoms with Crippen LogP contribution in [0.5, 0.6) is 0 Å². The Bertz CT molecular complexity index is 1700. The highest BCUT2D eigenvalue weighted by Gasteiger charge is 2.69. The number of esters is 1. The summed E-state index contributed by atoms with van der Waals surface area (Å²) in [6.07, 6.45) is -2.95. The summed E-state index contributed by atoms with van der Waals surface area (Å²) < 4.78 is 69.3. The number of hydrogen-bond donors (Lipinski definition) is 4. The molecule has 0 amide bonds. The minimum absolute atomic E-state index is 0.102. The quantitative estimate of drug-likeness (QED) is 0.160. The molecule has 250 valence electrons. The maximum Gasteiger partial charge on any atom is 0.352 e. The summed E-state index contributed by atoms with van der Waals surface area (Å²) in [4.78, 5) is 42.4. The summed E-state index contributed by atoms with van der Waals surface area (Å²) in [6.45, 7) is 0.00996. The highest BCUT2D eigenvalue weighted by molar-refractivity contribution is 9.09. The van der Waals surface area contributed by atoms with Crippen molar-refractivity contribution < 1.29 is 46.8 Å². The van der Waals surface area contributed by atoms with Crippen LogP contribution in [-0.2, 0) is 23.5 Å². The van der Waals surface area contributed by atoms with Crippen LogP contribution < -0.4 is 22.8 Å². The van der Waals surface area contributed by atoms with E-state index < -0.39 is 75.9 Å². The number of nitrogens with zero attached hydrogens (tertiary/aromatic N) is 4. The number of carbonyl (C=O) groups is 1. The number of ether oxygens (including phenoxy) is 3. The highest BCUT2D eigenvalue weighted by Crippen LogP contribution is 2.54. The van der Waals surface area contributed by atoms with Gasteiger partial charge in [0, 0.05) is 12.4 Å². The van der Waals surface area contributed by atoms with E-state index in [-0.39, 0.29) is 11.6 Å². The van der Waals surface area contributed by atoms with Gasteiger partial charge in [-0.2, -0.15) is 27.5 Å². The number of aliphatic hydroxyl groups excluding tert-OH is 2. The molecule has 46 heavy (non-hydrogen) atoms. The van der Waals surface area contributed by atoms with Crippen LogP contribution in [0.4, 0.5) is 29.2 Å². The predicted octanol–water partition coefficient (Wildman–Crippen LogP) is 1.58. The first-order valence-electron chi connectivity index (χ1n) is 13.1. The van der Waals surface area contributed by atoms with Gasteiger partial charge in [-0.25, -0.2) is 14.4 Å². The van der Waals surface area contributed by atoms with E-state index in [0.717, 1.165) is 18.5 Å². The van der Waals surface area contributed by atoms with Crippen molar-refractivity contribution in [3.05, 3.63) is 81.4 Å². The summed E-state index contributed by atoms with van der Waals surface area (Å²) >= 11 is 5.46. The van der Waals surface area contributed by atoms with Crippen LogP contribution in [0.2, 0.25) is 0 Å². The summed E-state index contributed by atoms with van der Waals surface area (Å²) in [5, 5.41) is 18.3. The zero-order valence-corrected chi connectivity index (χ0v) is 26.6. The molecule has 2 aromatic heterocycles. The van der Waals surface area contributed by atoms with Gasteiger partial charge in [-0.15, -0.1) is 0 Å². The van der Waals surface area contributed by atoms with Crippen LogP contribution in [0.25, 0.3) is 0 Å². The minimum atomic E-state index is -3.86. The van der Waals surface area contributed by atoms with Crippen LogP contribution in [0.15, 0.2) is 64.4 Å². The number of hydrogen-bond acceptors (Lipinski definition) is 12. The molecule has 3 aromatic rings. The zero-order valence-electron chi connectivity index (χ0n) is 23.5. The van der Waals surface area contributed by atoms with Crippen molar-refractivity contribution >= 4 is 49.5 Å². The summed E-state index contributed by atoms with van der Waals surface area (Å²) in [6, 6.07) is 10.5. The summed E-state index contributed by atoms with van der Waals surface area (Å²) in [5.41, 5.74) is 8.87. The average molecular weight is 786 g/mol. The molecule has 1 aromatic carbocycles. The minimum Gasteiger partial charge on any atom is -0.459 e. The molecule has 2 saturated heterocycles. The molecular weight excluding hydrogens is 760 g/mol. The predicted molar refractivity (Wildman–Crippen MR) is 158 cm³/mol. The lowest BCUT2D eigenvalue weighted by Gasteiger charge is -2.30. The lowest BCUT2D eigenvalue weighted by atomic mass is 10.00. The lowest BCUT2D eigenvalue weighted by molar-refractivity contribution is -0.159.